The second kappa shape index (κ2) is 5.13. The van der Waals surface area contributed by atoms with Crippen LogP contribution >= 0.6 is 0 Å². The molecule has 1 aliphatic carbocycles. The van der Waals surface area contributed by atoms with E-state index in [4.69, 9.17) is 5.10 Å². The first kappa shape index (κ1) is 14.0. The predicted octanol–water partition coefficient (Wildman–Crippen LogP) is 3.17. The summed E-state index contributed by atoms with van der Waals surface area (Å²) in [5.41, 5.74) is 4.43. The summed E-state index contributed by atoms with van der Waals surface area (Å²) in [6, 6.07) is 0.360. The molecule has 1 fully saturated rings. The van der Waals surface area contributed by atoms with Crippen molar-refractivity contribution in [1.29, 1.82) is 0 Å². The third kappa shape index (κ3) is 2.30. The number of carbonyl (C=O) groups is 1. The van der Waals surface area contributed by atoms with Gasteiger partial charge in [-0.1, -0.05) is 0 Å². The van der Waals surface area contributed by atoms with Crippen molar-refractivity contribution in [3.63, 3.8) is 0 Å². The average Bonchev–Trinajstić information content (AvgIpc) is 3.18. The van der Waals surface area contributed by atoms with Crippen LogP contribution in [-0.2, 0) is 6.54 Å². The van der Waals surface area contributed by atoms with Gasteiger partial charge in [-0.25, -0.2) is 0 Å². The molecule has 1 unspecified atom stereocenters. The van der Waals surface area contributed by atoms with E-state index in [-0.39, 0.29) is 0 Å². The number of hydrogen-bond acceptors (Lipinski definition) is 3. The van der Waals surface area contributed by atoms with Crippen LogP contribution in [0.4, 0.5) is 0 Å². The third-order valence-corrected chi connectivity index (χ3v) is 4.53. The van der Waals surface area contributed by atoms with E-state index in [1.807, 2.05) is 29.4 Å². The summed E-state index contributed by atoms with van der Waals surface area (Å²) in [4.78, 5) is 11.4. The van der Waals surface area contributed by atoms with Crippen molar-refractivity contribution >= 4 is 6.29 Å². The molecule has 1 aliphatic rings. The Labute approximate surface area is 125 Å². The highest BCUT2D eigenvalue weighted by Crippen LogP contribution is 2.40. The van der Waals surface area contributed by atoms with Crippen LogP contribution in [0, 0.1) is 19.8 Å². The van der Waals surface area contributed by atoms with Crippen LogP contribution in [0.1, 0.15) is 54.5 Å². The fraction of sp³-hybridized carbons (Fsp3) is 0.562. The van der Waals surface area contributed by atoms with Crippen molar-refractivity contribution in [3.8, 4) is 11.3 Å². The Morgan fingerprint density at radius 1 is 1.38 bits per heavy atom. The SMILES string of the molecule is CCn1nc(C)c(-c2nn(C(C)C3CC3)cc2C=O)c1C. The molecule has 2 aromatic rings. The van der Waals surface area contributed by atoms with Gasteiger partial charge in [-0.2, -0.15) is 10.2 Å². The van der Waals surface area contributed by atoms with Crippen molar-refractivity contribution in [3.05, 3.63) is 23.1 Å². The predicted molar refractivity (Wildman–Crippen MR) is 81.4 cm³/mol. The zero-order valence-corrected chi connectivity index (χ0v) is 13.1. The zero-order valence-electron chi connectivity index (χ0n) is 13.1. The lowest BCUT2D eigenvalue weighted by atomic mass is 10.1. The molecule has 5 heteroatoms. The molecule has 5 nitrogen and oxygen atoms in total. The Morgan fingerprint density at radius 3 is 2.62 bits per heavy atom. The lowest BCUT2D eigenvalue weighted by Gasteiger charge is -2.09. The molecule has 21 heavy (non-hydrogen) atoms. The lowest BCUT2D eigenvalue weighted by Crippen LogP contribution is -2.07. The summed E-state index contributed by atoms with van der Waals surface area (Å²) >= 11 is 0. The maximum absolute atomic E-state index is 11.4. The zero-order chi connectivity index (χ0) is 15.1. The molecule has 0 spiro atoms. The van der Waals surface area contributed by atoms with Gasteiger partial charge in [0.25, 0.3) is 0 Å². The quantitative estimate of drug-likeness (QED) is 0.793. The van der Waals surface area contributed by atoms with Gasteiger partial charge >= 0.3 is 0 Å². The van der Waals surface area contributed by atoms with Crippen molar-refractivity contribution in [2.24, 2.45) is 5.92 Å². The number of aromatic nitrogens is 4. The minimum absolute atomic E-state index is 0.360. The van der Waals surface area contributed by atoms with E-state index in [9.17, 15) is 4.79 Å². The van der Waals surface area contributed by atoms with E-state index >= 15 is 0 Å². The summed E-state index contributed by atoms with van der Waals surface area (Å²) in [7, 11) is 0. The topological polar surface area (TPSA) is 52.7 Å². The van der Waals surface area contributed by atoms with Gasteiger partial charge < -0.3 is 0 Å². The van der Waals surface area contributed by atoms with Gasteiger partial charge in [-0.05, 0) is 46.5 Å². The summed E-state index contributed by atoms with van der Waals surface area (Å²) in [5.74, 6) is 0.706. The number of hydrogen-bond donors (Lipinski definition) is 0. The molecule has 0 saturated heterocycles. The molecule has 0 radical (unpaired) electrons. The van der Waals surface area contributed by atoms with Crippen molar-refractivity contribution in [2.45, 2.75) is 53.1 Å². The smallest absolute Gasteiger partial charge is 0.153 e. The van der Waals surface area contributed by atoms with Crippen molar-refractivity contribution in [1.82, 2.24) is 19.6 Å². The fourth-order valence-electron chi connectivity index (χ4n) is 3.04. The highest BCUT2D eigenvalue weighted by Gasteiger charge is 2.30. The third-order valence-electron chi connectivity index (χ3n) is 4.53. The first-order chi connectivity index (χ1) is 10.1. The van der Waals surface area contributed by atoms with Crippen LogP contribution in [0.25, 0.3) is 11.3 Å². The number of carbonyl (C=O) groups excluding carboxylic acids is 1. The van der Waals surface area contributed by atoms with Gasteiger partial charge in [0, 0.05) is 24.0 Å². The normalized spacial score (nSPS) is 16.2. The molecule has 0 bridgehead atoms. The van der Waals surface area contributed by atoms with Gasteiger partial charge in [0.2, 0.25) is 0 Å². The van der Waals surface area contributed by atoms with E-state index < -0.39 is 0 Å². The molecule has 0 aliphatic heterocycles. The van der Waals surface area contributed by atoms with Gasteiger partial charge in [-0.15, -0.1) is 0 Å². The summed E-state index contributed by atoms with van der Waals surface area (Å²) < 4.78 is 3.92. The molecule has 1 saturated carbocycles. The van der Waals surface area contributed by atoms with E-state index in [1.54, 1.807) is 0 Å². The average molecular weight is 286 g/mol. The minimum Gasteiger partial charge on any atom is -0.298 e. The molecule has 3 rings (SSSR count). The molecule has 0 amide bonds. The lowest BCUT2D eigenvalue weighted by molar-refractivity contribution is 0.112. The maximum atomic E-state index is 11.4. The summed E-state index contributed by atoms with van der Waals surface area (Å²) in [6.07, 6.45) is 5.31. The Balaban J connectivity index is 2.09. The van der Waals surface area contributed by atoms with E-state index in [0.717, 1.165) is 35.5 Å². The second-order valence-electron chi connectivity index (χ2n) is 5.97. The largest absolute Gasteiger partial charge is 0.298 e. The van der Waals surface area contributed by atoms with Crippen LogP contribution in [0.2, 0.25) is 0 Å². The number of nitrogens with zero attached hydrogens (tertiary/aromatic N) is 4. The van der Waals surface area contributed by atoms with E-state index in [2.05, 4.69) is 18.9 Å². The van der Waals surface area contributed by atoms with Gasteiger partial charge in [0.05, 0.1) is 17.3 Å². The molecule has 2 aromatic heterocycles. The fourth-order valence-corrected chi connectivity index (χ4v) is 3.04. The molecule has 0 N–H and O–H groups in total. The monoisotopic (exact) mass is 286 g/mol. The first-order valence-electron chi connectivity index (χ1n) is 7.65. The van der Waals surface area contributed by atoms with Crippen LogP contribution in [0.5, 0.6) is 0 Å². The Hall–Kier alpha value is -1.91. The van der Waals surface area contributed by atoms with Crippen LogP contribution < -0.4 is 0 Å². The highest BCUT2D eigenvalue weighted by molar-refractivity contribution is 5.86. The molecule has 1 atom stereocenters. The van der Waals surface area contributed by atoms with Crippen LogP contribution in [-0.4, -0.2) is 25.8 Å². The first-order valence-corrected chi connectivity index (χ1v) is 7.65. The molecule has 2 heterocycles. The molecular weight excluding hydrogens is 264 g/mol. The van der Waals surface area contributed by atoms with Gasteiger partial charge in [0.1, 0.15) is 5.69 Å². The summed E-state index contributed by atoms with van der Waals surface area (Å²) in [5, 5.41) is 9.25. The molecular formula is C16H22N4O. The van der Waals surface area contributed by atoms with Crippen LogP contribution in [0.15, 0.2) is 6.20 Å². The Morgan fingerprint density at radius 2 is 2.10 bits per heavy atom. The van der Waals surface area contributed by atoms with Gasteiger partial charge in [-0.3, -0.25) is 14.2 Å². The van der Waals surface area contributed by atoms with Crippen molar-refractivity contribution < 1.29 is 4.79 Å². The number of aldehydes is 1. The Bertz CT molecular complexity index is 679. The standard InChI is InChI=1S/C16H22N4O/c1-5-19-12(4)15(10(2)17-19)16-14(9-21)8-20(18-16)11(3)13-6-7-13/h8-9,11,13H,5-7H2,1-4H3. The van der Waals surface area contributed by atoms with Crippen molar-refractivity contribution in [2.75, 3.05) is 0 Å². The van der Waals surface area contributed by atoms with E-state index in [1.165, 1.54) is 12.8 Å². The highest BCUT2D eigenvalue weighted by atomic mass is 16.1. The van der Waals surface area contributed by atoms with Gasteiger partial charge in [0.15, 0.2) is 6.29 Å². The number of aryl methyl sites for hydroxylation is 2. The molecule has 0 aromatic carbocycles. The minimum atomic E-state index is 0.360. The maximum Gasteiger partial charge on any atom is 0.153 e. The summed E-state index contributed by atoms with van der Waals surface area (Å²) in [6.45, 7) is 9.08. The Kier molecular flexibility index (Phi) is 3.43. The van der Waals surface area contributed by atoms with E-state index in [0.29, 0.717) is 17.5 Å². The molecule has 112 valence electrons. The second-order valence-corrected chi connectivity index (χ2v) is 5.97. The number of rotatable bonds is 5. The van der Waals surface area contributed by atoms with Crippen LogP contribution in [0.3, 0.4) is 0 Å².